The van der Waals surface area contributed by atoms with Gasteiger partial charge >= 0.3 is 6.18 Å². The van der Waals surface area contributed by atoms with Gasteiger partial charge in [0.2, 0.25) is 0 Å². The molecule has 0 fully saturated rings. The van der Waals surface area contributed by atoms with Crippen LogP contribution >= 0.6 is 35.6 Å². The molecule has 0 amide bonds. The average Bonchev–Trinajstić information content (AvgIpc) is 3.13. The summed E-state index contributed by atoms with van der Waals surface area (Å²) in [7, 11) is -2.23. The molecule has 0 radical (unpaired) electrons. The van der Waals surface area contributed by atoms with Gasteiger partial charge in [0.25, 0.3) is 10.0 Å². The van der Waals surface area contributed by atoms with Gasteiger partial charge in [-0.2, -0.15) is 13.2 Å². The molecule has 0 bridgehead atoms. The van der Waals surface area contributed by atoms with Crippen LogP contribution < -0.4 is 10.6 Å². The summed E-state index contributed by atoms with van der Waals surface area (Å²) < 4.78 is 66.8. The molecule has 0 unspecified atom stereocenters. The Kier molecular flexibility index (Phi) is 7.98. The van der Waals surface area contributed by atoms with Gasteiger partial charge in [0.05, 0.1) is 26.7 Å². The van der Waals surface area contributed by atoms with Gasteiger partial charge in [-0.15, -0.1) is 12.4 Å². The third-order valence-corrected chi connectivity index (χ3v) is 7.37. The highest BCUT2D eigenvalue weighted by Gasteiger charge is 2.31. The first-order valence-electron chi connectivity index (χ1n) is 9.94. The summed E-state index contributed by atoms with van der Waals surface area (Å²) in [4.78, 5) is 0.0250. The van der Waals surface area contributed by atoms with E-state index in [1.165, 1.54) is 28.4 Å². The predicted octanol–water partition coefficient (Wildman–Crippen LogP) is 7.09. The van der Waals surface area contributed by atoms with Crippen LogP contribution in [0.5, 0.6) is 0 Å². The summed E-state index contributed by atoms with van der Waals surface area (Å²) in [5.41, 5.74) is 0.975. The van der Waals surface area contributed by atoms with E-state index in [0.29, 0.717) is 23.1 Å². The van der Waals surface area contributed by atoms with Crippen LogP contribution in [0.1, 0.15) is 11.1 Å². The van der Waals surface area contributed by atoms with Crippen molar-refractivity contribution in [3.8, 4) is 0 Å². The molecular weight excluding hydrogens is 546 g/mol. The molecule has 0 saturated carbocycles. The van der Waals surface area contributed by atoms with Crippen LogP contribution in [0.15, 0.2) is 71.8 Å². The van der Waals surface area contributed by atoms with Gasteiger partial charge in [-0.1, -0.05) is 35.3 Å². The maximum atomic E-state index is 13.4. The number of anilines is 2. The fraction of sp³-hybridized carbons (Fsp3) is 0.130. The van der Waals surface area contributed by atoms with Gasteiger partial charge in [0, 0.05) is 28.8 Å². The molecule has 4 aromatic rings. The second kappa shape index (κ2) is 10.3. The molecule has 0 saturated heterocycles. The molecule has 2 N–H and O–H groups in total. The number of aromatic nitrogens is 1. The third kappa shape index (κ3) is 5.54. The second-order valence-corrected chi connectivity index (χ2v) is 10.2. The molecule has 1 aromatic heterocycles. The zero-order valence-electron chi connectivity index (χ0n) is 18.0. The highest BCUT2D eigenvalue weighted by atomic mass is 35.5. The Hall–Kier alpha value is -2.43. The molecule has 0 aliphatic carbocycles. The lowest BCUT2D eigenvalue weighted by Gasteiger charge is -2.13. The van der Waals surface area contributed by atoms with Gasteiger partial charge in [-0.25, -0.2) is 12.4 Å². The number of fused-ring (bicyclic) bond motifs is 1. The number of hydrogen-bond donors (Lipinski definition) is 2. The van der Waals surface area contributed by atoms with Gasteiger partial charge in [0.1, 0.15) is 0 Å². The van der Waals surface area contributed by atoms with E-state index in [1.807, 2.05) is 0 Å². The number of nitrogens with zero attached hydrogens (tertiary/aromatic N) is 1. The molecule has 4 rings (SSSR count). The first kappa shape index (κ1) is 27.2. The summed E-state index contributed by atoms with van der Waals surface area (Å²) in [6.07, 6.45) is -2.98. The molecule has 5 nitrogen and oxygen atoms in total. The fourth-order valence-electron chi connectivity index (χ4n) is 3.56. The first-order valence-corrected chi connectivity index (χ1v) is 12.1. The summed E-state index contributed by atoms with van der Waals surface area (Å²) in [6.45, 7) is 0.423. The zero-order chi connectivity index (χ0) is 24.7. The molecule has 1 heterocycles. The standard InChI is InChI=1S/C23H18Cl2F3N3O2S.ClH/c1-29-12-14-13-31(34(32,33)18-4-2-3-16(24)10-18)22-11-17(6-7-19(14)22)30-21-8-5-15(9-20(21)25)23(26,27)28;/h2-11,13,29-30H,12H2,1H3;1H. The van der Waals surface area contributed by atoms with E-state index in [-0.39, 0.29) is 33.0 Å². The number of nitrogens with one attached hydrogen (secondary N) is 2. The summed E-state index contributed by atoms with van der Waals surface area (Å²) in [5.74, 6) is 0. The number of halogens is 6. The maximum absolute atomic E-state index is 13.4. The van der Waals surface area contributed by atoms with Crippen LogP contribution in [0, 0.1) is 0 Å². The smallest absolute Gasteiger partial charge is 0.354 e. The fourth-order valence-corrected chi connectivity index (χ4v) is 5.48. The number of hydrogen-bond acceptors (Lipinski definition) is 4. The minimum absolute atomic E-state index is 0. The van der Waals surface area contributed by atoms with Gasteiger partial charge < -0.3 is 10.6 Å². The summed E-state index contributed by atoms with van der Waals surface area (Å²) in [5, 5.41) is 6.85. The van der Waals surface area contributed by atoms with E-state index >= 15 is 0 Å². The lowest BCUT2D eigenvalue weighted by Crippen LogP contribution is -2.12. The van der Waals surface area contributed by atoms with Crippen LogP contribution in [0.3, 0.4) is 0 Å². The highest BCUT2D eigenvalue weighted by molar-refractivity contribution is 7.90. The minimum Gasteiger partial charge on any atom is -0.354 e. The average molecular weight is 565 g/mol. The molecule has 0 spiro atoms. The minimum atomic E-state index is -4.51. The molecule has 3 aromatic carbocycles. The van der Waals surface area contributed by atoms with Crippen molar-refractivity contribution in [3.63, 3.8) is 0 Å². The van der Waals surface area contributed by atoms with E-state index in [2.05, 4.69) is 10.6 Å². The first-order chi connectivity index (χ1) is 16.0. The van der Waals surface area contributed by atoms with Gasteiger partial charge in [-0.3, -0.25) is 0 Å². The number of alkyl halides is 3. The molecule has 35 heavy (non-hydrogen) atoms. The van der Waals surface area contributed by atoms with Crippen LogP contribution in [-0.2, 0) is 22.7 Å². The van der Waals surface area contributed by atoms with Crippen molar-refractivity contribution in [2.24, 2.45) is 0 Å². The highest BCUT2D eigenvalue weighted by Crippen LogP contribution is 2.36. The van der Waals surface area contributed by atoms with Crippen molar-refractivity contribution >= 4 is 67.9 Å². The van der Waals surface area contributed by atoms with E-state index in [9.17, 15) is 21.6 Å². The monoisotopic (exact) mass is 563 g/mol. The Morgan fingerprint density at radius 2 is 1.74 bits per heavy atom. The van der Waals surface area contributed by atoms with Crippen LogP contribution in [0.25, 0.3) is 10.9 Å². The predicted molar refractivity (Wildman–Crippen MR) is 136 cm³/mol. The van der Waals surface area contributed by atoms with Crippen molar-refractivity contribution in [3.05, 3.63) is 88.0 Å². The van der Waals surface area contributed by atoms with E-state index in [4.69, 9.17) is 23.2 Å². The maximum Gasteiger partial charge on any atom is 0.416 e. The van der Waals surface area contributed by atoms with Crippen LogP contribution in [0.2, 0.25) is 10.0 Å². The van der Waals surface area contributed by atoms with E-state index in [1.54, 1.807) is 37.4 Å². The van der Waals surface area contributed by atoms with E-state index in [0.717, 1.165) is 17.7 Å². The molecule has 186 valence electrons. The largest absolute Gasteiger partial charge is 0.416 e. The lowest BCUT2D eigenvalue weighted by atomic mass is 10.1. The summed E-state index contributed by atoms with van der Waals surface area (Å²) in [6, 6.07) is 14.0. The van der Waals surface area contributed by atoms with Crippen molar-refractivity contribution in [2.75, 3.05) is 12.4 Å². The Morgan fingerprint density at radius 3 is 2.37 bits per heavy atom. The molecule has 0 atom stereocenters. The van der Waals surface area contributed by atoms with Crippen molar-refractivity contribution in [1.82, 2.24) is 9.29 Å². The summed E-state index contributed by atoms with van der Waals surface area (Å²) >= 11 is 12.1. The van der Waals surface area contributed by atoms with E-state index < -0.39 is 21.8 Å². The quantitative estimate of drug-likeness (QED) is 0.262. The number of rotatable bonds is 6. The van der Waals surface area contributed by atoms with Crippen LogP contribution in [0.4, 0.5) is 24.5 Å². The zero-order valence-corrected chi connectivity index (χ0v) is 21.2. The molecule has 0 aliphatic heterocycles. The Labute approximate surface area is 216 Å². The third-order valence-electron chi connectivity index (χ3n) is 5.15. The second-order valence-electron chi connectivity index (χ2n) is 7.49. The van der Waals surface area contributed by atoms with Crippen molar-refractivity contribution in [1.29, 1.82) is 0 Å². The molecular formula is C23H19Cl3F3N3O2S. The Morgan fingerprint density at radius 1 is 1.00 bits per heavy atom. The molecule has 0 aliphatic rings. The van der Waals surface area contributed by atoms with Crippen molar-refractivity contribution < 1.29 is 21.6 Å². The van der Waals surface area contributed by atoms with Gasteiger partial charge in [-0.05, 0) is 61.1 Å². The van der Waals surface area contributed by atoms with Crippen LogP contribution in [-0.4, -0.2) is 19.4 Å². The topological polar surface area (TPSA) is 63.1 Å². The Bertz CT molecular complexity index is 1490. The number of benzene rings is 3. The Balaban J connectivity index is 0.00000342. The lowest BCUT2D eigenvalue weighted by molar-refractivity contribution is -0.137. The van der Waals surface area contributed by atoms with Gasteiger partial charge in [0.15, 0.2) is 0 Å². The molecule has 12 heteroatoms. The normalized spacial score (nSPS) is 11.9. The SMILES string of the molecule is CNCc1cn(S(=O)(=O)c2cccc(Cl)c2)c2cc(Nc3ccc(C(F)(F)F)cc3Cl)ccc12.Cl. The van der Waals surface area contributed by atoms with Crippen molar-refractivity contribution in [2.45, 2.75) is 17.6 Å².